The lowest BCUT2D eigenvalue weighted by Crippen LogP contribution is -2.43. The van der Waals surface area contributed by atoms with Crippen LogP contribution < -0.4 is 10.6 Å². The van der Waals surface area contributed by atoms with Crippen molar-refractivity contribution in [2.45, 2.75) is 45.3 Å². The number of benzene rings is 2. The Labute approximate surface area is 164 Å². The van der Waals surface area contributed by atoms with E-state index >= 15 is 0 Å². The normalized spacial score (nSPS) is 15.8. The lowest BCUT2D eigenvalue weighted by Gasteiger charge is -2.21. The summed E-state index contributed by atoms with van der Waals surface area (Å²) in [6.07, 6.45) is 0.267. The summed E-state index contributed by atoms with van der Waals surface area (Å²) in [6.45, 7) is 6.84. The van der Waals surface area contributed by atoms with Gasteiger partial charge in [-0.05, 0) is 62.1 Å². The van der Waals surface area contributed by atoms with Gasteiger partial charge in [0.05, 0.1) is 5.92 Å². The molecule has 3 rings (SSSR count). The van der Waals surface area contributed by atoms with Crippen molar-refractivity contribution >= 4 is 24.0 Å². The zero-order valence-electron chi connectivity index (χ0n) is 16.4. The number of amides is 2. The number of nitrogens with one attached hydrogen (secondary N) is 2. The molecule has 2 N–H and O–H groups in total. The molecule has 2 aromatic carbocycles. The highest BCUT2D eigenvalue weighted by Gasteiger charge is 2.28. The van der Waals surface area contributed by atoms with Crippen LogP contribution in [0.25, 0.3) is 11.1 Å². The second-order valence-electron chi connectivity index (χ2n) is 7.86. The maximum Gasteiger partial charge on any atom is 0.408 e. The molecule has 0 spiro atoms. The first-order chi connectivity index (χ1) is 13.2. The Kier molecular flexibility index (Phi) is 5.23. The van der Waals surface area contributed by atoms with E-state index in [1.807, 2.05) is 36.4 Å². The van der Waals surface area contributed by atoms with Crippen molar-refractivity contribution < 1.29 is 19.1 Å². The molecule has 0 saturated carbocycles. The molecule has 2 unspecified atom stereocenters. The Morgan fingerprint density at radius 3 is 2.43 bits per heavy atom. The van der Waals surface area contributed by atoms with Gasteiger partial charge in [-0.25, -0.2) is 4.79 Å². The monoisotopic (exact) mass is 380 g/mol. The fourth-order valence-electron chi connectivity index (χ4n) is 3.27. The van der Waals surface area contributed by atoms with E-state index in [9.17, 15) is 14.4 Å². The molecule has 1 aliphatic carbocycles. The van der Waals surface area contributed by atoms with Crippen molar-refractivity contribution in [2.75, 3.05) is 5.32 Å². The van der Waals surface area contributed by atoms with Gasteiger partial charge in [0.2, 0.25) is 5.91 Å². The van der Waals surface area contributed by atoms with Crippen LogP contribution in [0.5, 0.6) is 0 Å². The van der Waals surface area contributed by atoms with Gasteiger partial charge in [-0.3, -0.25) is 4.79 Å². The van der Waals surface area contributed by atoms with Gasteiger partial charge >= 0.3 is 6.09 Å². The van der Waals surface area contributed by atoms with Crippen LogP contribution in [0.3, 0.4) is 0 Å². The summed E-state index contributed by atoms with van der Waals surface area (Å²) in [7, 11) is 0. The summed E-state index contributed by atoms with van der Waals surface area (Å²) in [5.41, 5.74) is 3.79. The smallest absolute Gasteiger partial charge is 0.408 e. The maximum absolute atomic E-state index is 12.4. The molecule has 1 aliphatic rings. The summed E-state index contributed by atoms with van der Waals surface area (Å²) < 4.78 is 5.16. The fourth-order valence-corrected chi connectivity index (χ4v) is 3.27. The number of hydrogen-bond acceptors (Lipinski definition) is 4. The van der Waals surface area contributed by atoms with Gasteiger partial charge in [0.25, 0.3) is 0 Å². The number of hydrogen-bond donors (Lipinski definition) is 2. The van der Waals surface area contributed by atoms with E-state index in [4.69, 9.17) is 4.74 Å². The third kappa shape index (κ3) is 4.06. The molecule has 0 heterocycles. The third-order valence-corrected chi connectivity index (χ3v) is 4.50. The molecule has 0 aliphatic heterocycles. The third-order valence-electron chi connectivity index (χ3n) is 4.50. The fraction of sp³-hybridized carbons (Fsp3) is 0.318. The predicted molar refractivity (Wildman–Crippen MR) is 107 cm³/mol. The molecular weight excluding hydrogens is 356 g/mol. The molecule has 28 heavy (non-hydrogen) atoms. The van der Waals surface area contributed by atoms with Crippen molar-refractivity contribution in [1.29, 1.82) is 0 Å². The van der Waals surface area contributed by atoms with Crippen LogP contribution in [0.15, 0.2) is 42.5 Å². The zero-order valence-corrected chi connectivity index (χ0v) is 16.4. The lowest BCUT2D eigenvalue weighted by atomic mass is 9.98. The van der Waals surface area contributed by atoms with Crippen LogP contribution in [-0.4, -0.2) is 29.9 Å². The average Bonchev–Trinajstić information content (AvgIpc) is 2.92. The van der Waals surface area contributed by atoms with Crippen molar-refractivity contribution in [1.82, 2.24) is 5.32 Å². The number of aldehydes is 1. The van der Waals surface area contributed by atoms with E-state index in [2.05, 4.69) is 10.6 Å². The Bertz CT molecular complexity index is 930. The Morgan fingerprint density at radius 2 is 1.75 bits per heavy atom. The molecule has 2 atom stereocenters. The quantitative estimate of drug-likeness (QED) is 0.789. The summed E-state index contributed by atoms with van der Waals surface area (Å²) in [4.78, 5) is 35.9. The van der Waals surface area contributed by atoms with Crippen molar-refractivity contribution in [3.8, 4) is 11.1 Å². The van der Waals surface area contributed by atoms with E-state index in [1.165, 1.54) is 0 Å². The Hall–Kier alpha value is -3.15. The van der Waals surface area contributed by atoms with Gasteiger partial charge in [-0.15, -0.1) is 0 Å². The lowest BCUT2D eigenvalue weighted by molar-refractivity contribution is -0.117. The summed E-state index contributed by atoms with van der Waals surface area (Å²) in [5.74, 6) is -0.718. The molecule has 0 aromatic heterocycles. The van der Waals surface area contributed by atoms with Gasteiger partial charge in [0.1, 0.15) is 17.9 Å². The van der Waals surface area contributed by atoms with Gasteiger partial charge in [-0.2, -0.15) is 0 Å². The molecule has 0 radical (unpaired) electrons. The number of rotatable bonds is 4. The van der Waals surface area contributed by atoms with E-state index < -0.39 is 17.7 Å². The van der Waals surface area contributed by atoms with Crippen LogP contribution in [0.4, 0.5) is 10.5 Å². The first kappa shape index (κ1) is 19.6. The van der Waals surface area contributed by atoms with E-state index in [-0.39, 0.29) is 11.8 Å². The number of carbonyl (C=O) groups excluding carboxylic acids is 3. The number of anilines is 1. The minimum Gasteiger partial charge on any atom is -0.444 e. The molecule has 2 aromatic rings. The minimum atomic E-state index is -0.776. The van der Waals surface area contributed by atoms with Gasteiger partial charge in [-0.1, -0.05) is 30.3 Å². The summed E-state index contributed by atoms with van der Waals surface area (Å²) in [5, 5.41) is 5.30. The number of ether oxygens (including phenoxy) is 1. The standard InChI is InChI=1S/C22H24N2O4/c1-13(23-21(27)28-22(2,3)4)20(26)24-14-9-10-17-15-7-5-6-8-16(15)19(12-25)18(17)11-14/h5-13,19H,1-4H3,(H,23,27)(H,24,26). The largest absolute Gasteiger partial charge is 0.444 e. The van der Waals surface area contributed by atoms with Crippen molar-refractivity contribution in [2.24, 2.45) is 0 Å². The first-order valence-corrected chi connectivity index (χ1v) is 9.18. The second-order valence-corrected chi connectivity index (χ2v) is 7.86. The van der Waals surface area contributed by atoms with Crippen molar-refractivity contribution in [3.63, 3.8) is 0 Å². The highest BCUT2D eigenvalue weighted by Crippen LogP contribution is 2.44. The highest BCUT2D eigenvalue weighted by molar-refractivity contribution is 5.97. The summed E-state index contributed by atoms with van der Waals surface area (Å²) in [6, 6.07) is 12.5. The van der Waals surface area contributed by atoms with Crippen LogP contribution in [-0.2, 0) is 14.3 Å². The molecule has 0 bridgehead atoms. The van der Waals surface area contributed by atoms with Gasteiger partial charge in [0.15, 0.2) is 0 Å². The SMILES string of the molecule is CC(NC(=O)OC(C)(C)C)C(=O)Nc1ccc2c(c1)C(C=O)c1ccccc1-2. The number of fused-ring (bicyclic) bond motifs is 3. The molecule has 0 fully saturated rings. The Morgan fingerprint density at radius 1 is 1.07 bits per heavy atom. The minimum absolute atomic E-state index is 0.347. The Balaban J connectivity index is 1.73. The zero-order chi connectivity index (χ0) is 20.5. The predicted octanol–water partition coefficient (Wildman–Crippen LogP) is 3.85. The second kappa shape index (κ2) is 7.46. The van der Waals surface area contributed by atoms with E-state index in [0.717, 1.165) is 28.5 Å². The van der Waals surface area contributed by atoms with Crippen molar-refractivity contribution in [3.05, 3.63) is 53.6 Å². The highest BCUT2D eigenvalue weighted by atomic mass is 16.6. The van der Waals surface area contributed by atoms with Crippen LogP contribution in [0.2, 0.25) is 0 Å². The molecule has 6 nitrogen and oxygen atoms in total. The van der Waals surface area contributed by atoms with Crippen LogP contribution >= 0.6 is 0 Å². The van der Waals surface area contributed by atoms with Crippen LogP contribution in [0, 0.1) is 0 Å². The molecule has 2 amide bonds. The van der Waals surface area contributed by atoms with Gasteiger partial charge in [0, 0.05) is 5.69 Å². The van der Waals surface area contributed by atoms with Gasteiger partial charge < -0.3 is 20.2 Å². The molecule has 6 heteroatoms. The molecule has 0 saturated heterocycles. The molecular formula is C22H24N2O4. The molecule has 146 valence electrons. The van der Waals surface area contributed by atoms with E-state index in [1.54, 1.807) is 33.8 Å². The first-order valence-electron chi connectivity index (χ1n) is 9.18. The number of alkyl carbamates (subject to hydrolysis) is 1. The topological polar surface area (TPSA) is 84.5 Å². The van der Waals surface area contributed by atoms with Crippen LogP contribution in [0.1, 0.15) is 44.7 Å². The van der Waals surface area contributed by atoms with E-state index in [0.29, 0.717) is 5.69 Å². The maximum atomic E-state index is 12.4. The number of carbonyl (C=O) groups is 3. The average molecular weight is 380 g/mol. The summed E-state index contributed by atoms with van der Waals surface area (Å²) >= 11 is 0.